The molecule has 0 radical (unpaired) electrons. The molecule has 0 bridgehead atoms. The lowest BCUT2D eigenvalue weighted by Crippen LogP contribution is -2.16. The summed E-state index contributed by atoms with van der Waals surface area (Å²) in [5.74, 6) is 0.197. The molecule has 0 fully saturated rings. The summed E-state index contributed by atoms with van der Waals surface area (Å²) in [6, 6.07) is 3.16. The molecule has 2 heterocycles. The van der Waals surface area contributed by atoms with Crippen molar-refractivity contribution in [1.29, 1.82) is 0 Å². The van der Waals surface area contributed by atoms with Gasteiger partial charge >= 0.3 is 0 Å². The fourth-order valence-corrected chi connectivity index (χ4v) is 3.04. The van der Waals surface area contributed by atoms with E-state index in [4.69, 9.17) is 16.3 Å². The molecule has 0 aliphatic rings. The first-order valence-corrected chi connectivity index (χ1v) is 7.98. The van der Waals surface area contributed by atoms with Crippen LogP contribution in [0.5, 0.6) is 5.88 Å². The van der Waals surface area contributed by atoms with Gasteiger partial charge in [0.25, 0.3) is 10.0 Å². The second-order valence-electron chi connectivity index (χ2n) is 4.58. The van der Waals surface area contributed by atoms with Crippen LogP contribution in [0.3, 0.4) is 0 Å². The predicted molar refractivity (Wildman–Crippen MR) is 79.0 cm³/mol. The van der Waals surface area contributed by atoms with Crippen molar-refractivity contribution in [1.82, 2.24) is 14.5 Å². The van der Waals surface area contributed by atoms with Gasteiger partial charge in [-0.05, 0) is 26.0 Å². The van der Waals surface area contributed by atoms with Gasteiger partial charge in [0.05, 0.1) is 12.4 Å². The van der Waals surface area contributed by atoms with Crippen molar-refractivity contribution in [3.63, 3.8) is 0 Å². The van der Waals surface area contributed by atoms with Crippen molar-refractivity contribution in [2.75, 3.05) is 4.72 Å². The minimum atomic E-state index is -3.92. The van der Waals surface area contributed by atoms with Crippen molar-refractivity contribution in [2.45, 2.75) is 25.0 Å². The second kappa shape index (κ2) is 5.90. The Labute approximate surface area is 128 Å². The molecule has 7 nitrogen and oxygen atoms in total. The zero-order chi connectivity index (χ0) is 15.6. The van der Waals surface area contributed by atoms with Gasteiger partial charge in [-0.25, -0.2) is 9.97 Å². The third-order valence-electron chi connectivity index (χ3n) is 2.45. The van der Waals surface area contributed by atoms with E-state index in [1.54, 1.807) is 19.2 Å². The maximum Gasteiger partial charge on any atom is 0.282 e. The summed E-state index contributed by atoms with van der Waals surface area (Å²) in [5, 5.41) is -0.219. The van der Waals surface area contributed by atoms with Gasteiger partial charge in [-0.2, -0.15) is 8.42 Å². The largest absolute Gasteiger partial charge is 0.473 e. The lowest BCUT2D eigenvalue weighted by Gasteiger charge is -2.13. The van der Waals surface area contributed by atoms with E-state index in [1.165, 1.54) is 17.1 Å². The summed E-state index contributed by atoms with van der Waals surface area (Å²) < 4.78 is 33.9. The first kappa shape index (κ1) is 15.6. The number of ether oxygens (including phenoxy) is 1. The maximum absolute atomic E-state index is 12.3. The number of pyridine rings is 1. The maximum atomic E-state index is 12.3. The molecule has 0 saturated carbocycles. The van der Waals surface area contributed by atoms with Crippen LogP contribution in [0.2, 0.25) is 5.15 Å². The molecule has 0 aromatic carbocycles. The number of rotatable bonds is 5. The number of imidazole rings is 1. The summed E-state index contributed by atoms with van der Waals surface area (Å²) in [6.07, 6.45) is 2.70. The minimum Gasteiger partial charge on any atom is -0.473 e. The molecule has 21 heavy (non-hydrogen) atoms. The molecule has 2 aromatic heterocycles. The molecule has 0 aliphatic heterocycles. The number of hydrogen-bond acceptors (Lipinski definition) is 5. The SMILES string of the molecule is CC(C)Oc1ncccc1NS(=O)(=O)c1ncn(C)c1Cl. The standard InChI is InChI=1S/C12H15ClN4O3S/c1-8(2)20-11-9(5-4-6-14-11)16-21(18,19)12-10(13)17(3)7-15-12/h4-8,16H,1-3H3. The molecule has 114 valence electrons. The Morgan fingerprint density at radius 1 is 1.38 bits per heavy atom. The average molecular weight is 331 g/mol. The van der Waals surface area contributed by atoms with Crippen LogP contribution in [0, 0.1) is 0 Å². The summed E-state index contributed by atoms with van der Waals surface area (Å²) in [5.41, 5.74) is 0.230. The van der Waals surface area contributed by atoms with Gasteiger partial charge in [0, 0.05) is 13.2 Å². The Balaban J connectivity index is 2.35. The number of sulfonamides is 1. The molecule has 2 aromatic rings. The average Bonchev–Trinajstić information content (AvgIpc) is 2.72. The second-order valence-corrected chi connectivity index (χ2v) is 6.54. The Bertz CT molecular complexity index is 743. The molecular weight excluding hydrogens is 316 g/mol. The van der Waals surface area contributed by atoms with E-state index in [0.29, 0.717) is 0 Å². The molecule has 0 atom stereocenters. The Morgan fingerprint density at radius 2 is 2.10 bits per heavy atom. The highest BCUT2D eigenvalue weighted by molar-refractivity contribution is 7.92. The van der Waals surface area contributed by atoms with E-state index in [0.717, 1.165) is 0 Å². The third-order valence-corrected chi connectivity index (χ3v) is 4.31. The van der Waals surface area contributed by atoms with Crippen LogP contribution < -0.4 is 9.46 Å². The summed E-state index contributed by atoms with van der Waals surface area (Å²) in [6.45, 7) is 3.64. The molecule has 9 heteroatoms. The van der Waals surface area contributed by atoms with E-state index in [1.807, 2.05) is 13.8 Å². The van der Waals surface area contributed by atoms with Crippen molar-refractivity contribution in [3.8, 4) is 5.88 Å². The molecular formula is C12H15ClN4O3S. The third kappa shape index (κ3) is 3.45. The molecule has 0 aliphatic carbocycles. The summed E-state index contributed by atoms with van der Waals surface area (Å²) >= 11 is 5.92. The fraction of sp³-hybridized carbons (Fsp3) is 0.333. The van der Waals surface area contributed by atoms with E-state index in [9.17, 15) is 8.42 Å². The van der Waals surface area contributed by atoms with E-state index < -0.39 is 10.0 Å². The number of anilines is 1. The monoisotopic (exact) mass is 330 g/mol. The van der Waals surface area contributed by atoms with Gasteiger partial charge in [0.1, 0.15) is 10.8 Å². The Morgan fingerprint density at radius 3 is 2.67 bits per heavy atom. The van der Waals surface area contributed by atoms with E-state index in [2.05, 4.69) is 14.7 Å². The smallest absolute Gasteiger partial charge is 0.282 e. The number of hydrogen-bond donors (Lipinski definition) is 1. The van der Waals surface area contributed by atoms with Crippen LogP contribution in [0.4, 0.5) is 5.69 Å². The fourth-order valence-electron chi connectivity index (χ4n) is 1.55. The number of nitrogens with one attached hydrogen (secondary N) is 1. The van der Waals surface area contributed by atoms with Crippen LogP contribution in [0.25, 0.3) is 0 Å². The molecule has 0 spiro atoms. The molecule has 0 saturated heterocycles. The van der Waals surface area contributed by atoms with Crippen LogP contribution >= 0.6 is 11.6 Å². The van der Waals surface area contributed by atoms with Crippen LogP contribution in [0.1, 0.15) is 13.8 Å². The topological polar surface area (TPSA) is 86.1 Å². The van der Waals surface area contributed by atoms with Crippen molar-refractivity contribution < 1.29 is 13.2 Å². The molecule has 2 rings (SSSR count). The minimum absolute atomic E-state index is 0.0257. The van der Waals surface area contributed by atoms with Gasteiger partial charge in [0.15, 0.2) is 0 Å². The first-order valence-electron chi connectivity index (χ1n) is 6.12. The van der Waals surface area contributed by atoms with Gasteiger partial charge in [-0.3, -0.25) is 4.72 Å². The van der Waals surface area contributed by atoms with Crippen molar-refractivity contribution in [2.24, 2.45) is 7.05 Å². The van der Waals surface area contributed by atoms with Crippen LogP contribution in [0.15, 0.2) is 29.7 Å². The highest BCUT2D eigenvalue weighted by Crippen LogP contribution is 2.26. The van der Waals surface area contributed by atoms with Crippen molar-refractivity contribution in [3.05, 3.63) is 29.8 Å². The molecule has 0 amide bonds. The lowest BCUT2D eigenvalue weighted by molar-refractivity contribution is 0.234. The number of nitrogens with zero attached hydrogens (tertiary/aromatic N) is 3. The lowest BCUT2D eigenvalue weighted by atomic mass is 10.4. The number of aromatic nitrogens is 3. The zero-order valence-corrected chi connectivity index (χ0v) is 13.3. The Kier molecular flexibility index (Phi) is 4.38. The highest BCUT2D eigenvalue weighted by Gasteiger charge is 2.24. The summed E-state index contributed by atoms with van der Waals surface area (Å²) in [4.78, 5) is 7.81. The molecule has 1 N–H and O–H groups in total. The Hall–Kier alpha value is -1.80. The first-order chi connectivity index (χ1) is 9.81. The van der Waals surface area contributed by atoms with Crippen LogP contribution in [-0.4, -0.2) is 29.1 Å². The quantitative estimate of drug-likeness (QED) is 0.906. The number of halogens is 1. The predicted octanol–water partition coefficient (Wildman–Crippen LogP) is 2.06. The van der Waals surface area contributed by atoms with Gasteiger partial charge in [0.2, 0.25) is 10.9 Å². The molecule has 0 unspecified atom stereocenters. The van der Waals surface area contributed by atoms with E-state index >= 15 is 0 Å². The normalized spacial score (nSPS) is 11.7. The summed E-state index contributed by atoms with van der Waals surface area (Å²) in [7, 11) is -2.31. The van der Waals surface area contributed by atoms with Gasteiger partial charge in [-0.1, -0.05) is 11.6 Å². The van der Waals surface area contributed by atoms with Crippen LogP contribution in [-0.2, 0) is 17.1 Å². The van der Waals surface area contributed by atoms with Crippen molar-refractivity contribution >= 4 is 27.3 Å². The van der Waals surface area contributed by atoms with E-state index in [-0.39, 0.29) is 27.9 Å². The number of aryl methyl sites for hydroxylation is 1. The van der Waals surface area contributed by atoms with Gasteiger partial charge < -0.3 is 9.30 Å². The zero-order valence-electron chi connectivity index (χ0n) is 11.7. The van der Waals surface area contributed by atoms with Gasteiger partial charge in [-0.15, -0.1) is 0 Å². The highest BCUT2D eigenvalue weighted by atomic mass is 35.5.